The van der Waals surface area contributed by atoms with Gasteiger partial charge in [-0.1, -0.05) is 5.16 Å². The zero-order valence-electron chi connectivity index (χ0n) is 12.4. The fourth-order valence-electron chi connectivity index (χ4n) is 1.95. The lowest BCUT2D eigenvalue weighted by molar-refractivity contribution is 0.338. The Morgan fingerprint density at radius 3 is 3.05 bits per heavy atom. The van der Waals surface area contributed by atoms with Gasteiger partial charge in [-0.3, -0.25) is 4.98 Å². The third-order valence-electron chi connectivity index (χ3n) is 2.97. The SMILES string of the molecule is CCOc1cncc(CNc2nc(-c3nccn3C)no2)c1. The van der Waals surface area contributed by atoms with E-state index in [1.807, 2.05) is 30.8 Å². The lowest BCUT2D eigenvalue weighted by Crippen LogP contribution is -2.01. The molecule has 0 bridgehead atoms. The highest BCUT2D eigenvalue weighted by atomic mass is 16.5. The highest BCUT2D eigenvalue weighted by molar-refractivity contribution is 5.45. The fourth-order valence-corrected chi connectivity index (χ4v) is 1.95. The topological polar surface area (TPSA) is 90.9 Å². The maximum Gasteiger partial charge on any atom is 0.322 e. The molecule has 0 amide bonds. The van der Waals surface area contributed by atoms with Gasteiger partial charge in [0.1, 0.15) is 5.75 Å². The number of hydrogen-bond donors (Lipinski definition) is 1. The summed E-state index contributed by atoms with van der Waals surface area (Å²) in [6.07, 6.45) is 6.94. The van der Waals surface area contributed by atoms with Crippen molar-refractivity contribution in [1.82, 2.24) is 24.7 Å². The summed E-state index contributed by atoms with van der Waals surface area (Å²) in [5.74, 6) is 1.83. The minimum Gasteiger partial charge on any atom is -0.492 e. The summed E-state index contributed by atoms with van der Waals surface area (Å²) < 4.78 is 12.4. The van der Waals surface area contributed by atoms with E-state index in [1.165, 1.54) is 0 Å². The summed E-state index contributed by atoms with van der Waals surface area (Å²) in [5, 5.41) is 6.97. The smallest absolute Gasteiger partial charge is 0.322 e. The van der Waals surface area contributed by atoms with E-state index < -0.39 is 0 Å². The van der Waals surface area contributed by atoms with Crippen LogP contribution in [0.2, 0.25) is 0 Å². The van der Waals surface area contributed by atoms with Gasteiger partial charge in [-0.2, -0.15) is 4.98 Å². The van der Waals surface area contributed by atoms with E-state index in [-0.39, 0.29) is 0 Å². The molecule has 0 spiro atoms. The second kappa shape index (κ2) is 6.25. The summed E-state index contributed by atoms with van der Waals surface area (Å²) in [6.45, 7) is 3.05. The van der Waals surface area contributed by atoms with Crippen LogP contribution in [-0.4, -0.2) is 31.3 Å². The number of anilines is 1. The minimum absolute atomic E-state index is 0.333. The molecule has 0 aliphatic carbocycles. The Balaban J connectivity index is 1.66. The van der Waals surface area contributed by atoms with Gasteiger partial charge in [0.2, 0.25) is 5.82 Å². The molecule has 3 heterocycles. The first-order valence-electron chi connectivity index (χ1n) is 6.88. The lowest BCUT2D eigenvalue weighted by atomic mass is 10.3. The summed E-state index contributed by atoms with van der Waals surface area (Å²) in [5.41, 5.74) is 0.961. The number of imidazole rings is 1. The van der Waals surface area contributed by atoms with Gasteiger partial charge >= 0.3 is 6.01 Å². The number of aromatic nitrogens is 5. The maximum absolute atomic E-state index is 5.41. The number of nitrogens with zero attached hydrogens (tertiary/aromatic N) is 5. The summed E-state index contributed by atoms with van der Waals surface area (Å²) in [4.78, 5) is 12.6. The highest BCUT2D eigenvalue weighted by Crippen LogP contribution is 2.16. The number of rotatable bonds is 6. The van der Waals surface area contributed by atoms with Crippen molar-refractivity contribution in [3.63, 3.8) is 0 Å². The van der Waals surface area contributed by atoms with E-state index in [9.17, 15) is 0 Å². The maximum atomic E-state index is 5.41. The van der Waals surface area contributed by atoms with Crippen molar-refractivity contribution >= 4 is 6.01 Å². The van der Waals surface area contributed by atoms with E-state index in [2.05, 4.69) is 25.4 Å². The molecule has 0 aliphatic heterocycles. The van der Waals surface area contributed by atoms with Crippen molar-refractivity contribution in [3.05, 3.63) is 36.4 Å². The van der Waals surface area contributed by atoms with Crippen molar-refractivity contribution in [2.45, 2.75) is 13.5 Å². The summed E-state index contributed by atoms with van der Waals surface area (Å²) in [7, 11) is 1.87. The first-order valence-corrected chi connectivity index (χ1v) is 6.88. The van der Waals surface area contributed by atoms with Gasteiger partial charge in [-0.15, -0.1) is 0 Å². The monoisotopic (exact) mass is 300 g/mol. The standard InChI is InChI=1S/C14H16N6O2/c1-3-21-11-6-10(7-15-9-11)8-17-14-18-12(19-22-14)13-16-4-5-20(13)2/h4-7,9H,3,8H2,1-2H3,(H,17,18,19). The van der Waals surface area contributed by atoms with Gasteiger partial charge < -0.3 is 19.1 Å². The molecule has 0 fully saturated rings. The van der Waals surface area contributed by atoms with Crippen molar-refractivity contribution in [1.29, 1.82) is 0 Å². The molecule has 22 heavy (non-hydrogen) atoms. The zero-order chi connectivity index (χ0) is 15.4. The van der Waals surface area contributed by atoms with E-state index in [0.29, 0.717) is 30.8 Å². The fraction of sp³-hybridized carbons (Fsp3) is 0.286. The van der Waals surface area contributed by atoms with Crippen LogP contribution in [0.25, 0.3) is 11.6 Å². The van der Waals surface area contributed by atoms with Crippen LogP contribution >= 0.6 is 0 Å². The van der Waals surface area contributed by atoms with Gasteiger partial charge in [-0.25, -0.2) is 4.98 Å². The van der Waals surface area contributed by atoms with Crippen LogP contribution in [0.15, 0.2) is 35.4 Å². The van der Waals surface area contributed by atoms with Crippen LogP contribution in [0.5, 0.6) is 5.75 Å². The predicted molar refractivity (Wildman–Crippen MR) is 79.2 cm³/mol. The molecular weight excluding hydrogens is 284 g/mol. The Kier molecular flexibility index (Phi) is 3.99. The lowest BCUT2D eigenvalue weighted by Gasteiger charge is -2.05. The highest BCUT2D eigenvalue weighted by Gasteiger charge is 2.12. The summed E-state index contributed by atoms with van der Waals surface area (Å²) in [6, 6.07) is 2.25. The van der Waals surface area contributed by atoms with Crippen LogP contribution in [0.4, 0.5) is 6.01 Å². The molecule has 0 saturated heterocycles. The Bertz CT molecular complexity index is 751. The third kappa shape index (κ3) is 3.05. The molecule has 8 nitrogen and oxygen atoms in total. The molecule has 0 radical (unpaired) electrons. The van der Waals surface area contributed by atoms with Crippen molar-refractivity contribution in [3.8, 4) is 17.4 Å². The number of hydrogen-bond acceptors (Lipinski definition) is 7. The Labute approximate surface area is 127 Å². The predicted octanol–water partition coefficient (Wildman–Crippen LogP) is 1.88. The van der Waals surface area contributed by atoms with Gasteiger partial charge in [-0.05, 0) is 18.6 Å². The largest absolute Gasteiger partial charge is 0.492 e. The Morgan fingerprint density at radius 2 is 2.27 bits per heavy atom. The molecule has 0 unspecified atom stereocenters. The average Bonchev–Trinajstić information content (AvgIpc) is 3.14. The first kappa shape index (κ1) is 14.1. The first-order chi connectivity index (χ1) is 10.8. The van der Waals surface area contributed by atoms with Crippen LogP contribution in [-0.2, 0) is 13.6 Å². The van der Waals surface area contributed by atoms with Gasteiger partial charge in [0.15, 0.2) is 5.82 Å². The van der Waals surface area contributed by atoms with Gasteiger partial charge in [0, 0.05) is 32.2 Å². The minimum atomic E-state index is 0.333. The third-order valence-corrected chi connectivity index (χ3v) is 2.97. The number of aryl methyl sites for hydroxylation is 1. The second-order valence-electron chi connectivity index (χ2n) is 4.60. The van der Waals surface area contributed by atoms with E-state index in [0.717, 1.165) is 11.3 Å². The van der Waals surface area contributed by atoms with Gasteiger partial charge in [0.05, 0.1) is 12.8 Å². The van der Waals surface area contributed by atoms with Crippen molar-refractivity contribution in [2.24, 2.45) is 7.05 Å². The molecule has 0 atom stereocenters. The molecule has 0 aliphatic rings. The van der Waals surface area contributed by atoms with Crippen LogP contribution < -0.4 is 10.1 Å². The molecule has 8 heteroatoms. The van der Waals surface area contributed by atoms with Crippen LogP contribution in [0.3, 0.4) is 0 Å². The van der Waals surface area contributed by atoms with Crippen LogP contribution in [0.1, 0.15) is 12.5 Å². The van der Waals surface area contributed by atoms with E-state index >= 15 is 0 Å². The normalized spacial score (nSPS) is 10.6. The molecule has 0 aromatic carbocycles. The summed E-state index contributed by atoms with van der Waals surface area (Å²) >= 11 is 0. The van der Waals surface area contributed by atoms with E-state index in [4.69, 9.17) is 9.26 Å². The number of ether oxygens (including phenoxy) is 1. The molecule has 0 saturated carbocycles. The molecule has 3 aromatic rings. The quantitative estimate of drug-likeness (QED) is 0.743. The Hall–Kier alpha value is -2.90. The van der Waals surface area contributed by atoms with Crippen molar-refractivity contribution in [2.75, 3.05) is 11.9 Å². The molecular formula is C14H16N6O2. The average molecular weight is 300 g/mol. The molecule has 114 valence electrons. The second-order valence-corrected chi connectivity index (χ2v) is 4.60. The molecule has 1 N–H and O–H groups in total. The molecule has 3 rings (SSSR count). The zero-order valence-corrected chi connectivity index (χ0v) is 12.4. The molecule has 3 aromatic heterocycles. The van der Waals surface area contributed by atoms with E-state index in [1.54, 1.807) is 18.6 Å². The van der Waals surface area contributed by atoms with Gasteiger partial charge in [0.25, 0.3) is 0 Å². The number of pyridine rings is 1. The number of nitrogens with one attached hydrogen (secondary N) is 1. The Morgan fingerprint density at radius 1 is 1.36 bits per heavy atom. The van der Waals surface area contributed by atoms with Crippen molar-refractivity contribution < 1.29 is 9.26 Å². The van der Waals surface area contributed by atoms with Crippen LogP contribution in [0, 0.1) is 0 Å².